The monoisotopic (exact) mass is 310 g/mol. The number of fused-ring (bicyclic) bond motifs is 1. The average Bonchev–Trinajstić information content (AvgIpc) is 3.00. The molecule has 0 aliphatic rings. The molecule has 3 aromatic rings. The molecule has 0 unspecified atom stereocenters. The first-order chi connectivity index (χ1) is 10.5. The summed E-state index contributed by atoms with van der Waals surface area (Å²) in [6.07, 6.45) is 2.69. The number of hydrogen-bond donors (Lipinski definition) is 1. The van der Waals surface area contributed by atoms with Gasteiger partial charge < -0.3 is 4.98 Å². The van der Waals surface area contributed by atoms with Crippen molar-refractivity contribution in [2.75, 3.05) is 0 Å². The van der Waals surface area contributed by atoms with Gasteiger partial charge in [0.1, 0.15) is 5.69 Å². The van der Waals surface area contributed by atoms with Gasteiger partial charge >= 0.3 is 0 Å². The molecule has 2 aromatic carbocycles. The normalized spacial score (nSPS) is 11.7. The van der Waals surface area contributed by atoms with Gasteiger partial charge in [-0.2, -0.15) is 0 Å². The SMILES string of the molecule is Fc1c(F)c(F)c(N=Cc2cccc3cc[nH]c23)c(F)c1F. The van der Waals surface area contributed by atoms with Gasteiger partial charge in [-0.1, -0.05) is 18.2 Å². The summed E-state index contributed by atoms with van der Waals surface area (Å²) >= 11 is 0. The highest BCUT2D eigenvalue weighted by atomic mass is 19.2. The van der Waals surface area contributed by atoms with Crippen LogP contribution in [0.15, 0.2) is 35.5 Å². The van der Waals surface area contributed by atoms with Crippen LogP contribution in [0.2, 0.25) is 0 Å². The molecule has 0 aliphatic heterocycles. The molecular formula is C15H7F5N2. The van der Waals surface area contributed by atoms with E-state index in [0.717, 1.165) is 11.6 Å². The molecule has 0 spiro atoms. The number of halogens is 5. The van der Waals surface area contributed by atoms with Crippen molar-refractivity contribution in [1.82, 2.24) is 4.98 Å². The number of aliphatic imine (C=N–C) groups is 1. The van der Waals surface area contributed by atoms with Crippen LogP contribution in [0.25, 0.3) is 10.9 Å². The van der Waals surface area contributed by atoms with E-state index < -0.39 is 34.8 Å². The highest BCUT2D eigenvalue weighted by Gasteiger charge is 2.25. The Morgan fingerprint density at radius 3 is 2.14 bits per heavy atom. The third-order valence-electron chi connectivity index (χ3n) is 3.14. The van der Waals surface area contributed by atoms with Crippen LogP contribution in [0.5, 0.6) is 0 Å². The second-order valence-corrected chi connectivity index (χ2v) is 4.47. The van der Waals surface area contributed by atoms with Gasteiger partial charge in [-0.15, -0.1) is 0 Å². The molecule has 7 heteroatoms. The van der Waals surface area contributed by atoms with Crippen LogP contribution >= 0.6 is 0 Å². The van der Waals surface area contributed by atoms with Crippen LogP contribution in [0, 0.1) is 29.1 Å². The zero-order chi connectivity index (χ0) is 15.9. The predicted molar refractivity (Wildman–Crippen MR) is 71.8 cm³/mol. The Morgan fingerprint density at radius 2 is 1.45 bits per heavy atom. The van der Waals surface area contributed by atoms with E-state index >= 15 is 0 Å². The van der Waals surface area contributed by atoms with Crippen molar-refractivity contribution in [2.24, 2.45) is 4.99 Å². The number of nitrogens with zero attached hydrogens (tertiary/aromatic N) is 1. The zero-order valence-electron chi connectivity index (χ0n) is 10.8. The standard InChI is InChI=1S/C15H7F5N2/c16-9-10(17)12(19)15(13(20)11(9)18)22-6-8-3-1-2-7-4-5-21-14(7)8/h1-6,21H. The van der Waals surface area contributed by atoms with Crippen LogP contribution in [0.1, 0.15) is 5.56 Å². The fourth-order valence-electron chi connectivity index (χ4n) is 2.06. The summed E-state index contributed by atoms with van der Waals surface area (Å²) in [6, 6.07) is 6.83. The minimum Gasteiger partial charge on any atom is -0.361 e. The lowest BCUT2D eigenvalue weighted by atomic mass is 10.1. The van der Waals surface area contributed by atoms with Crippen molar-refractivity contribution in [3.63, 3.8) is 0 Å². The number of H-pyrrole nitrogens is 1. The van der Waals surface area contributed by atoms with Crippen LogP contribution in [-0.4, -0.2) is 11.2 Å². The Labute approximate surface area is 120 Å². The number of benzene rings is 2. The van der Waals surface area contributed by atoms with Gasteiger partial charge in [-0.05, 0) is 6.07 Å². The van der Waals surface area contributed by atoms with Crippen molar-refractivity contribution in [3.8, 4) is 0 Å². The average molecular weight is 310 g/mol. The van der Waals surface area contributed by atoms with Crippen molar-refractivity contribution in [2.45, 2.75) is 0 Å². The molecule has 0 atom stereocenters. The molecule has 0 radical (unpaired) electrons. The smallest absolute Gasteiger partial charge is 0.200 e. The molecule has 0 saturated heterocycles. The molecular weight excluding hydrogens is 303 g/mol. The molecule has 22 heavy (non-hydrogen) atoms. The number of rotatable bonds is 2. The lowest BCUT2D eigenvalue weighted by Gasteiger charge is -2.04. The highest BCUT2D eigenvalue weighted by Crippen LogP contribution is 2.29. The molecule has 2 nitrogen and oxygen atoms in total. The van der Waals surface area contributed by atoms with Gasteiger partial charge in [-0.25, -0.2) is 26.9 Å². The van der Waals surface area contributed by atoms with E-state index in [1.807, 2.05) is 0 Å². The van der Waals surface area contributed by atoms with E-state index in [2.05, 4.69) is 9.98 Å². The van der Waals surface area contributed by atoms with E-state index in [1.54, 1.807) is 30.5 Å². The fourth-order valence-corrected chi connectivity index (χ4v) is 2.06. The highest BCUT2D eigenvalue weighted by molar-refractivity contribution is 5.98. The Kier molecular flexibility index (Phi) is 3.40. The topological polar surface area (TPSA) is 28.1 Å². The minimum atomic E-state index is -2.21. The fraction of sp³-hybridized carbons (Fsp3) is 0. The number of para-hydroxylation sites is 1. The molecule has 0 saturated carbocycles. The van der Waals surface area contributed by atoms with E-state index in [-0.39, 0.29) is 0 Å². The molecule has 0 aliphatic carbocycles. The van der Waals surface area contributed by atoms with Crippen LogP contribution in [0.3, 0.4) is 0 Å². The maximum atomic E-state index is 13.5. The molecule has 0 fully saturated rings. The van der Waals surface area contributed by atoms with Gasteiger partial charge in [0.15, 0.2) is 23.3 Å². The molecule has 1 heterocycles. The van der Waals surface area contributed by atoms with E-state index in [9.17, 15) is 22.0 Å². The van der Waals surface area contributed by atoms with E-state index in [4.69, 9.17) is 0 Å². The molecule has 0 amide bonds. The molecule has 112 valence electrons. The van der Waals surface area contributed by atoms with Gasteiger partial charge in [0.05, 0.1) is 5.52 Å². The zero-order valence-corrected chi connectivity index (χ0v) is 10.8. The second-order valence-electron chi connectivity index (χ2n) is 4.47. The first-order valence-corrected chi connectivity index (χ1v) is 6.12. The molecule has 1 N–H and O–H groups in total. The summed E-state index contributed by atoms with van der Waals surface area (Å²) < 4.78 is 66.2. The number of nitrogens with one attached hydrogen (secondary N) is 1. The minimum absolute atomic E-state index is 0.450. The van der Waals surface area contributed by atoms with Gasteiger partial charge in [0, 0.05) is 23.4 Å². The van der Waals surface area contributed by atoms with E-state index in [0.29, 0.717) is 11.1 Å². The van der Waals surface area contributed by atoms with Crippen LogP contribution in [0.4, 0.5) is 27.6 Å². The quantitative estimate of drug-likeness (QED) is 0.310. The van der Waals surface area contributed by atoms with Gasteiger partial charge in [0.25, 0.3) is 0 Å². The summed E-state index contributed by atoms with van der Waals surface area (Å²) in [4.78, 5) is 6.33. The van der Waals surface area contributed by atoms with Crippen molar-refractivity contribution >= 4 is 22.8 Å². The summed E-state index contributed by atoms with van der Waals surface area (Å²) in [5, 5.41) is 0.821. The molecule has 1 aromatic heterocycles. The van der Waals surface area contributed by atoms with Crippen LogP contribution < -0.4 is 0 Å². The molecule has 0 bridgehead atoms. The first-order valence-electron chi connectivity index (χ1n) is 6.12. The third-order valence-corrected chi connectivity index (χ3v) is 3.14. The lowest BCUT2D eigenvalue weighted by molar-refractivity contribution is 0.381. The first kappa shape index (κ1) is 14.2. The van der Waals surface area contributed by atoms with Crippen molar-refractivity contribution in [3.05, 3.63) is 65.1 Å². The Bertz CT molecular complexity index is 869. The Morgan fingerprint density at radius 1 is 0.818 bits per heavy atom. The lowest BCUT2D eigenvalue weighted by Crippen LogP contribution is -2.00. The largest absolute Gasteiger partial charge is 0.361 e. The summed E-state index contributed by atoms with van der Waals surface area (Å²) in [6.45, 7) is 0. The summed E-state index contributed by atoms with van der Waals surface area (Å²) in [7, 11) is 0. The number of aromatic nitrogens is 1. The van der Waals surface area contributed by atoms with E-state index in [1.165, 1.54) is 0 Å². The van der Waals surface area contributed by atoms with Crippen molar-refractivity contribution < 1.29 is 22.0 Å². The van der Waals surface area contributed by atoms with Gasteiger partial charge in [-0.3, -0.25) is 0 Å². The molecule has 3 rings (SSSR count). The van der Waals surface area contributed by atoms with Crippen molar-refractivity contribution in [1.29, 1.82) is 0 Å². The number of hydrogen-bond acceptors (Lipinski definition) is 1. The Balaban J connectivity index is 2.12. The number of aromatic amines is 1. The van der Waals surface area contributed by atoms with Gasteiger partial charge in [0.2, 0.25) is 5.82 Å². The Hall–Kier alpha value is -2.70. The summed E-state index contributed by atoms with van der Waals surface area (Å²) in [5.41, 5.74) is -0.137. The van der Waals surface area contributed by atoms with Crippen LogP contribution in [-0.2, 0) is 0 Å². The second kappa shape index (κ2) is 5.25. The predicted octanol–water partition coefficient (Wildman–Crippen LogP) is 4.61. The summed E-state index contributed by atoms with van der Waals surface area (Å²) in [5.74, 6) is -10.2. The maximum Gasteiger partial charge on any atom is 0.200 e. The third kappa shape index (κ3) is 2.14. The maximum absolute atomic E-state index is 13.5.